The number of thioether (sulfide) groups is 1. The third-order valence-corrected chi connectivity index (χ3v) is 7.77. The maximum atomic E-state index is 13.0. The summed E-state index contributed by atoms with van der Waals surface area (Å²) in [6.07, 6.45) is -2.38. The molecule has 1 unspecified atom stereocenters. The van der Waals surface area contributed by atoms with Crippen molar-refractivity contribution < 1.29 is 27.5 Å². The van der Waals surface area contributed by atoms with Gasteiger partial charge in [0.15, 0.2) is 11.0 Å². The minimum atomic E-state index is -4.47. The Bertz CT molecular complexity index is 1720. The lowest BCUT2D eigenvalue weighted by atomic mass is 10.0. The molecule has 1 aliphatic heterocycles. The third-order valence-electron chi connectivity index (χ3n) is 6.84. The number of amidine groups is 1. The number of carbonyl (C=O) groups is 2. The van der Waals surface area contributed by atoms with E-state index in [0.29, 0.717) is 17.1 Å². The number of aromatic nitrogens is 3. The summed E-state index contributed by atoms with van der Waals surface area (Å²) in [7, 11) is 1.59. The fourth-order valence-corrected chi connectivity index (χ4v) is 5.35. The minimum Gasteiger partial charge on any atom is -0.377 e. The van der Waals surface area contributed by atoms with Crippen molar-refractivity contribution in [3.63, 3.8) is 0 Å². The molecule has 2 aromatic carbocycles. The fraction of sp³-hybridized carbons (Fsp3) is 0.233. The number of aliphatic imine (C=N–C) groups is 1. The molecule has 0 spiro atoms. The molecule has 0 saturated carbocycles. The molecular weight excluding hydrogens is 581 g/mol. The standard InChI is InChI=1S/C30H27F3N6O3S/c1-17-5-8-22(19(3)42-4)25(13-17)39-27(40)16-43-29(39)36-28(41)35-23-9-6-20(14-18(23)2)24-11-12-38(37-24)26-10-7-21(15-34-26)30(31,32)33/h5-15,19H,16H2,1-4H3,(H,35,41)/b36-29-. The number of methoxy groups -OCH3 is 1. The van der Waals surface area contributed by atoms with Crippen LogP contribution in [-0.4, -0.2) is 44.7 Å². The first-order valence-electron chi connectivity index (χ1n) is 13.1. The summed E-state index contributed by atoms with van der Waals surface area (Å²) in [5.74, 6) is 0.215. The van der Waals surface area contributed by atoms with E-state index in [0.717, 1.165) is 34.5 Å². The highest BCUT2D eigenvalue weighted by Gasteiger charge is 2.33. The number of aryl methyl sites for hydroxylation is 2. The van der Waals surface area contributed by atoms with Crippen molar-refractivity contribution in [2.45, 2.75) is 33.1 Å². The number of rotatable bonds is 6. The van der Waals surface area contributed by atoms with Gasteiger partial charge in [0.05, 0.1) is 28.8 Å². The van der Waals surface area contributed by atoms with Crippen LogP contribution >= 0.6 is 11.8 Å². The lowest BCUT2D eigenvalue weighted by Gasteiger charge is -2.23. The summed E-state index contributed by atoms with van der Waals surface area (Å²) in [5.41, 5.74) is 4.10. The molecule has 5 rings (SSSR count). The summed E-state index contributed by atoms with van der Waals surface area (Å²) in [4.78, 5) is 35.4. The average molecular weight is 609 g/mol. The normalized spacial score (nSPS) is 15.3. The number of hydrogen-bond acceptors (Lipinski definition) is 6. The number of nitrogens with one attached hydrogen (secondary N) is 1. The molecule has 3 amide bonds. The van der Waals surface area contributed by atoms with Gasteiger partial charge in [-0.2, -0.15) is 23.3 Å². The van der Waals surface area contributed by atoms with Crippen LogP contribution in [0.25, 0.3) is 17.1 Å². The zero-order chi connectivity index (χ0) is 30.9. The molecule has 1 fully saturated rings. The number of carbonyl (C=O) groups excluding carboxylic acids is 2. The molecule has 2 aromatic heterocycles. The van der Waals surface area contributed by atoms with Crippen molar-refractivity contribution in [1.29, 1.82) is 0 Å². The number of ether oxygens (including phenoxy) is 1. The Morgan fingerprint density at radius 2 is 1.91 bits per heavy atom. The third kappa shape index (κ3) is 6.47. The van der Waals surface area contributed by atoms with Gasteiger partial charge in [-0.3, -0.25) is 9.69 Å². The molecular formula is C30H27F3N6O3S. The van der Waals surface area contributed by atoms with E-state index in [1.165, 1.54) is 27.4 Å². The highest BCUT2D eigenvalue weighted by molar-refractivity contribution is 8.15. The van der Waals surface area contributed by atoms with E-state index in [1.54, 1.807) is 31.5 Å². The summed E-state index contributed by atoms with van der Waals surface area (Å²) in [5, 5.41) is 7.49. The van der Waals surface area contributed by atoms with Crippen molar-refractivity contribution in [2.75, 3.05) is 23.1 Å². The number of alkyl halides is 3. The lowest BCUT2D eigenvalue weighted by molar-refractivity contribution is -0.137. The fourth-order valence-electron chi connectivity index (χ4n) is 4.49. The Morgan fingerprint density at radius 1 is 1.12 bits per heavy atom. The molecule has 9 nitrogen and oxygen atoms in total. The number of nitrogens with zero attached hydrogens (tertiary/aromatic N) is 5. The van der Waals surface area contributed by atoms with Crippen LogP contribution < -0.4 is 10.2 Å². The molecule has 1 atom stereocenters. The van der Waals surface area contributed by atoms with Gasteiger partial charge in [0.25, 0.3) is 0 Å². The van der Waals surface area contributed by atoms with Crippen LogP contribution in [0.1, 0.15) is 35.3 Å². The van der Waals surface area contributed by atoms with E-state index in [2.05, 4.69) is 20.4 Å². The first-order valence-corrected chi connectivity index (χ1v) is 14.1. The number of halogens is 3. The van der Waals surface area contributed by atoms with Gasteiger partial charge in [-0.25, -0.2) is 14.5 Å². The predicted octanol–water partition coefficient (Wildman–Crippen LogP) is 6.95. The number of anilines is 2. The van der Waals surface area contributed by atoms with Gasteiger partial charge in [0.1, 0.15) is 0 Å². The molecule has 1 N–H and O–H groups in total. The quantitative estimate of drug-likeness (QED) is 0.254. The summed E-state index contributed by atoms with van der Waals surface area (Å²) >= 11 is 1.19. The van der Waals surface area contributed by atoms with Crippen LogP contribution in [0.15, 0.2) is 72.0 Å². The van der Waals surface area contributed by atoms with Gasteiger partial charge >= 0.3 is 12.2 Å². The number of amides is 3. The Kier molecular flexibility index (Phi) is 8.38. The maximum Gasteiger partial charge on any atom is 0.417 e. The highest BCUT2D eigenvalue weighted by atomic mass is 32.2. The number of benzene rings is 2. The van der Waals surface area contributed by atoms with Gasteiger partial charge in [0.2, 0.25) is 5.91 Å². The largest absolute Gasteiger partial charge is 0.417 e. The monoisotopic (exact) mass is 608 g/mol. The SMILES string of the molecule is COC(C)c1ccc(C)cc1N1C(=O)CS/C1=N\C(=O)Nc1ccc(-c2ccn(-c3ccc(C(F)(F)F)cn3)n2)cc1C. The van der Waals surface area contributed by atoms with Crippen molar-refractivity contribution in [3.05, 3.63) is 89.2 Å². The minimum absolute atomic E-state index is 0.156. The predicted molar refractivity (Wildman–Crippen MR) is 160 cm³/mol. The maximum absolute atomic E-state index is 13.0. The highest BCUT2D eigenvalue weighted by Crippen LogP contribution is 2.35. The van der Waals surface area contributed by atoms with Gasteiger partial charge in [0, 0.05) is 36.3 Å². The molecule has 43 heavy (non-hydrogen) atoms. The van der Waals surface area contributed by atoms with Crippen LogP contribution in [0.5, 0.6) is 0 Å². The number of pyridine rings is 1. The van der Waals surface area contributed by atoms with Crippen LogP contribution in [0, 0.1) is 13.8 Å². The summed E-state index contributed by atoms with van der Waals surface area (Å²) < 4.78 is 45.4. The van der Waals surface area contributed by atoms with Gasteiger partial charge < -0.3 is 10.1 Å². The second kappa shape index (κ2) is 12.0. The van der Waals surface area contributed by atoms with Crippen LogP contribution in [0.2, 0.25) is 0 Å². The Hall–Kier alpha value is -4.49. The van der Waals surface area contributed by atoms with E-state index in [1.807, 2.05) is 45.0 Å². The molecule has 0 radical (unpaired) electrons. The van der Waals surface area contributed by atoms with Gasteiger partial charge in [-0.1, -0.05) is 30.0 Å². The molecule has 1 saturated heterocycles. The van der Waals surface area contributed by atoms with Crippen LogP contribution in [0.3, 0.4) is 0 Å². The van der Waals surface area contributed by atoms with Crippen molar-refractivity contribution in [1.82, 2.24) is 14.8 Å². The lowest BCUT2D eigenvalue weighted by Crippen LogP contribution is -2.31. The molecule has 4 aromatic rings. The molecule has 0 bridgehead atoms. The number of urea groups is 1. The van der Waals surface area contributed by atoms with Crippen molar-refractivity contribution >= 4 is 40.2 Å². The zero-order valence-corrected chi connectivity index (χ0v) is 24.5. The van der Waals surface area contributed by atoms with E-state index in [9.17, 15) is 22.8 Å². The first kappa shape index (κ1) is 30.0. The first-order chi connectivity index (χ1) is 20.4. The smallest absolute Gasteiger partial charge is 0.377 e. The second-order valence-electron chi connectivity index (χ2n) is 9.86. The Morgan fingerprint density at radius 3 is 2.58 bits per heavy atom. The molecule has 1 aliphatic rings. The molecule has 222 valence electrons. The van der Waals surface area contributed by atoms with Crippen molar-refractivity contribution in [3.8, 4) is 17.1 Å². The Labute approximate surface area is 249 Å². The van der Waals surface area contributed by atoms with E-state index in [4.69, 9.17) is 4.74 Å². The summed E-state index contributed by atoms with van der Waals surface area (Å²) in [6, 6.07) is 14.3. The van der Waals surface area contributed by atoms with Gasteiger partial charge in [-0.15, -0.1) is 0 Å². The topological polar surface area (TPSA) is 102 Å². The zero-order valence-electron chi connectivity index (χ0n) is 23.6. The van der Waals surface area contributed by atoms with Crippen molar-refractivity contribution in [2.24, 2.45) is 4.99 Å². The molecule has 3 heterocycles. The molecule has 0 aliphatic carbocycles. The van der Waals surface area contributed by atoms with Crippen LogP contribution in [-0.2, 0) is 15.7 Å². The Balaban J connectivity index is 1.33. The molecule has 13 heteroatoms. The van der Waals surface area contributed by atoms with Crippen LogP contribution in [0.4, 0.5) is 29.3 Å². The second-order valence-corrected chi connectivity index (χ2v) is 10.8. The van der Waals surface area contributed by atoms with E-state index >= 15 is 0 Å². The van der Waals surface area contributed by atoms with E-state index < -0.39 is 17.8 Å². The number of hydrogen-bond donors (Lipinski definition) is 1. The van der Waals surface area contributed by atoms with Gasteiger partial charge in [-0.05, 0) is 68.3 Å². The summed E-state index contributed by atoms with van der Waals surface area (Å²) in [6.45, 7) is 5.62. The van der Waals surface area contributed by atoms with E-state index in [-0.39, 0.29) is 28.7 Å². The average Bonchev–Trinajstić information content (AvgIpc) is 3.60.